The van der Waals surface area contributed by atoms with Gasteiger partial charge in [-0.05, 0) is 47.5 Å². The number of piperazine rings is 1. The Morgan fingerprint density at radius 2 is 1.86 bits per heavy atom. The third kappa shape index (κ3) is 4.50. The maximum absolute atomic E-state index is 14.7. The van der Waals surface area contributed by atoms with Crippen molar-refractivity contribution >= 4 is 29.2 Å². The van der Waals surface area contributed by atoms with Gasteiger partial charge in [-0.2, -0.15) is 0 Å². The SMILES string of the molecule is CO[C@@H]1COC(=O)N1c1ccc(-c2cc(F)cc(-c3ccnc(N4CCNCC4)c3)c2O)cc1Cl. The minimum Gasteiger partial charge on any atom is -0.507 e. The van der Waals surface area contributed by atoms with E-state index in [-0.39, 0.29) is 22.9 Å². The lowest BCUT2D eigenvalue weighted by molar-refractivity contribution is 0.0875. The minimum atomic E-state index is -0.600. The van der Waals surface area contributed by atoms with E-state index in [0.29, 0.717) is 22.4 Å². The van der Waals surface area contributed by atoms with E-state index in [0.717, 1.165) is 32.0 Å². The van der Waals surface area contributed by atoms with Gasteiger partial charge in [-0.3, -0.25) is 0 Å². The van der Waals surface area contributed by atoms with E-state index in [1.54, 1.807) is 30.5 Å². The Hall–Kier alpha value is -3.40. The van der Waals surface area contributed by atoms with Crippen molar-refractivity contribution in [1.29, 1.82) is 0 Å². The number of anilines is 2. The van der Waals surface area contributed by atoms with E-state index in [4.69, 9.17) is 21.1 Å². The predicted molar refractivity (Wildman–Crippen MR) is 131 cm³/mol. The monoisotopic (exact) mass is 498 g/mol. The Labute approximate surface area is 206 Å². The number of aromatic nitrogens is 1. The van der Waals surface area contributed by atoms with Crippen molar-refractivity contribution in [3.05, 3.63) is 59.5 Å². The molecule has 0 aliphatic carbocycles. The summed E-state index contributed by atoms with van der Waals surface area (Å²) in [5.41, 5.74) is 2.17. The van der Waals surface area contributed by atoms with Gasteiger partial charge < -0.3 is 24.8 Å². The van der Waals surface area contributed by atoms with Crippen molar-refractivity contribution in [1.82, 2.24) is 10.3 Å². The molecule has 2 fully saturated rings. The Balaban J connectivity index is 1.51. The molecule has 182 valence electrons. The zero-order chi connectivity index (χ0) is 24.5. The summed E-state index contributed by atoms with van der Waals surface area (Å²) in [5.74, 6) is 0.186. The Morgan fingerprint density at radius 1 is 1.14 bits per heavy atom. The molecule has 2 aromatic carbocycles. The molecule has 2 aliphatic heterocycles. The molecule has 2 saturated heterocycles. The van der Waals surface area contributed by atoms with Crippen LogP contribution < -0.4 is 15.1 Å². The topological polar surface area (TPSA) is 87.2 Å². The number of carbonyl (C=O) groups is 1. The standard InChI is InChI=1S/C25H24ClFN4O4/c1-34-23-14-35-25(33)31(23)21-3-2-15(10-20(21)26)18-12-17(27)13-19(24(18)32)16-4-5-29-22(11-16)30-8-6-28-7-9-30/h2-5,10-13,23,28,32H,6-9,14H2,1H3/t23-/m1/s1. The molecule has 1 aromatic heterocycles. The van der Waals surface area contributed by atoms with Gasteiger partial charge in [0.25, 0.3) is 0 Å². The van der Waals surface area contributed by atoms with Gasteiger partial charge in [0.15, 0.2) is 6.23 Å². The lowest BCUT2D eigenvalue weighted by atomic mass is 9.97. The summed E-state index contributed by atoms with van der Waals surface area (Å²) in [6, 6.07) is 11.0. The lowest BCUT2D eigenvalue weighted by Gasteiger charge is -2.28. The highest BCUT2D eigenvalue weighted by Gasteiger charge is 2.35. The third-order valence-corrected chi connectivity index (χ3v) is 6.50. The summed E-state index contributed by atoms with van der Waals surface area (Å²) in [5, 5.41) is 14.7. The smallest absolute Gasteiger partial charge is 0.416 e. The number of pyridine rings is 1. The van der Waals surface area contributed by atoms with Crippen molar-refractivity contribution in [3.8, 4) is 28.0 Å². The first-order valence-electron chi connectivity index (χ1n) is 11.2. The third-order valence-electron chi connectivity index (χ3n) is 6.20. The van der Waals surface area contributed by atoms with E-state index < -0.39 is 18.1 Å². The number of phenolic OH excluding ortho intramolecular Hbond substituents is 1. The fraction of sp³-hybridized carbons (Fsp3) is 0.280. The molecule has 0 bridgehead atoms. The van der Waals surface area contributed by atoms with Gasteiger partial charge in [-0.15, -0.1) is 0 Å². The van der Waals surface area contributed by atoms with Crippen LogP contribution in [0.25, 0.3) is 22.3 Å². The number of phenols is 1. The number of methoxy groups -OCH3 is 1. The number of nitrogens with one attached hydrogen (secondary N) is 1. The van der Waals surface area contributed by atoms with Crippen LogP contribution >= 0.6 is 11.6 Å². The van der Waals surface area contributed by atoms with Crippen molar-refractivity contribution in [2.45, 2.75) is 6.23 Å². The first-order chi connectivity index (χ1) is 17.0. The number of hydrogen-bond acceptors (Lipinski definition) is 7. The maximum atomic E-state index is 14.7. The van der Waals surface area contributed by atoms with Crippen LogP contribution in [-0.4, -0.2) is 62.3 Å². The van der Waals surface area contributed by atoms with Crippen LogP contribution in [0, 0.1) is 5.82 Å². The van der Waals surface area contributed by atoms with Crippen LogP contribution in [-0.2, 0) is 9.47 Å². The average Bonchev–Trinajstić information content (AvgIpc) is 3.26. The molecule has 0 radical (unpaired) electrons. The van der Waals surface area contributed by atoms with Gasteiger partial charge in [-0.25, -0.2) is 19.1 Å². The largest absolute Gasteiger partial charge is 0.507 e. The highest BCUT2D eigenvalue weighted by Crippen LogP contribution is 2.42. The second kappa shape index (κ2) is 9.69. The van der Waals surface area contributed by atoms with Gasteiger partial charge in [0.05, 0.1) is 10.7 Å². The predicted octanol–water partition coefficient (Wildman–Crippen LogP) is 4.25. The van der Waals surface area contributed by atoms with Gasteiger partial charge >= 0.3 is 6.09 Å². The molecular weight excluding hydrogens is 475 g/mol. The number of halogens is 2. The molecule has 35 heavy (non-hydrogen) atoms. The van der Waals surface area contributed by atoms with Crippen LogP contribution in [0.5, 0.6) is 5.75 Å². The molecule has 0 saturated carbocycles. The molecule has 2 aliphatic rings. The summed E-state index contributed by atoms with van der Waals surface area (Å²) < 4.78 is 25.1. The molecule has 8 nitrogen and oxygen atoms in total. The summed E-state index contributed by atoms with van der Waals surface area (Å²) in [6.45, 7) is 3.44. The van der Waals surface area contributed by atoms with E-state index in [2.05, 4.69) is 15.2 Å². The molecule has 1 atom stereocenters. The molecule has 0 spiro atoms. The number of ether oxygens (including phenoxy) is 2. The number of benzene rings is 2. The first kappa shape index (κ1) is 23.3. The summed E-state index contributed by atoms with van der Waals surface area (Å²) >= 11 is 6.50. The van der Waals surface area contributed by atoms with Crippen molar-refractivity contribution in [2.75, 3.05) is 49.7 Å². The van der Waals surface area contributed by atoms with Gasteiger partial charge in [0, 0.05) is 50.6 Å². The molecule has 5 rings (SSSR count). The zero-order valence-corrected chi connectivity index (χ0v) is 19.8. The summed E-state index contributed by atoms with van der Waals surface area (Å²) in [7, 11) is 1.47. The molecule has 0 unspecified atom stereocenters. The van der Waals surface area contributed by atoms with E-state index in [1.165, 1.54) is 24.1 Å². The Morgan fingerprint density at radius 3 is 2.54 bits per heavy atom. The molecule has 3 heterocycles. The second-order valence-corrected chi connectivity index (χ2v) is 8.70. The van der Waals surface area contributed by atoms with Crippen molar-refractivity contribution in [3.63, 3.8) is 0 Å². The van der Waals surface area contributed by atoms with E-state index in [9.17, 15) is 14.3 Å². The number of amides is 1. The Kier molecular flexibility index (Phi) is 6.46. The molecule has 1 amide bonds. The number of nitrogens with zero attached hydrogens (tertiary/aromatic N) is 3. The summed E-state index contributed by atoms with van der Waals surface area (Å²) in [4.78, 5) is 20.1. The van der Waals surface area contributed by atoms with Crippen LogP contribution in [0.2, 0.25) is 5.02 Å². The van der Waals surface area contributed by atoms with Crippen molar-refractivity contribution < 1.29 is 23.8 Å². The van der Waals surface area contributed by atoms with E-state index in [1.807, 2.05) is 6.07 Å². The Bertz CT molecular complexity index is 1270. The number of cyclic esters (lactones) is 1. The number of hydrogen-bond donors (Lipinski definition) is 2. The average molecular weight is 499 g/mol. The number of rotatable bonds is 5. The zero-order valence-electron chi connectivity index (χ0n) is 19.0. The van der Waals surface area contributed by atoms with Crippen molar-refractivity contribution in [2.24, 2.45) is 0 Å². The minimum absolute atomic E-state index is 0.0805. The van der Waals surface area contributed by atoms with Crippen LogP contribution in [0.4, 0.5) is 20.7 Å². The number of carbonyl (C=O) groups excluding carboxylic acids is 1. The fourth-order valence-electron chi connectivity index (χ4n) is 4.39. The second-order valence-electron chi connectivity index (χ2n) is 8.29. The van der Waals surface area contributed by atoms with Crippen LogP contribution in [0.15, 0.2) is 48.7 Å². The lowest BCUT2D eigenvalue weighted by Crippen LogP contribution is -2.43. The molecule has 3 aromatic rings. The summed E-state index contributed by atoms with van der Waals surface area (Å²) in [6.07, 6.45) is 0.487. The van der Waals surface area contributed by atoms with Crippen LogP contribution in [0.1, 0.15) is 0 Å². The van der Waals surface area contributed by atoms with Gasteiger partial charge in [-0.1, -0.05) is 17.7 Å². The van der Waals surface area contributed by atoms with Gasteiger partial charge in [0.2, 0.25) is 0 Å². The first-order valence-corrected chi connectivity index (χ1v) is 11.6. The fourth-order valence-corrected chi connectivity index (χ4v) is 4.66. The highest BCUT2D eigenvalue weighted by atomic mass is 35.5. The quantitative estimate of drug-likeness (QED) is 0.543. The normalized spacial score (nSPS) is 18.1. The van der Waals surface area contributed by atoms with Gasteiger partial charge in [0.1, 0.15) is 24.0 Å². The highest BCUT2D eigenvalue weighted by molar-refractivity contribution is 6.34. The maximum Gasteiger partial charge on any atom is 0.416 e. The molecule has 2 N–H and O–H groups in total. The van der Waals surface area contributed by atoms with Crippen LogP contribution in [0.3, 0.4) is 0 Å². The molecule has 10 heteroatoms. The van der Waals surface area contributed by atoms with E-state index >= 15 is 0 Å². The molecular formula is C25H24ClFN4O4. The number of aromatic hydroxyl groups is 1.